The zero-order valence-electron chi connectivity index (χ0n) is 12.7. The van der Waals surface area contributed by atoms with Crippen molar-refractivity contribution in [2.45, 2.75) is 18.4 Å². The predicted molar refractivity (Wildman–Crippen MR) is 87.5 cm³/mol. The van der Waals surface area contributed by atoms with Crippen LogP contribution in [0.15, 0.2) is 53.4 Å². The molecule has 2 N–H and O–H groups in total. The highest BCUT2D eigenvalue weighted by atomic mass is 32.2. The molecule has 0 atom stereocenters. The molecule has 2 aromatic carbocycles. The molecule has 5 nitrogen and oxygen atoms in total. The van der Waals surface area contributed by atoms with E-state index < -0.39 is 10.0 Å². The van der Waals surface area contributed by atoms with Gasteiger partial charge in [0.15, 0.2) is 0 Å². The van der Waals surface area contributed by atoms with Crippen LogP contribution in [0.4, 0.5) is 5.69 Å². The molecule has 0 aromatic heterocycles. The number of anilines is 1. The van der Waals surface area contributed by atoms with Gasteiger partial charge >= 0.3 is 0 Å². The lowest BCUT2D eigenvalue weighted by Gasteiger charge is -2.25. The first-order valence-corrected chi connectivity index (χ1v) is 8.43. The van der Waals surface area contributed by atoms with E-state index in [2.05, 4.69) is 0 Å². The van der Waals surface area contributed by atoms with Gasteiger partial charge in [-0.15, -0.1) is 0 Å². The first-order chi connectivity index (χ1) is 10.5. The van der Waals surface area contributed by atoms with Crippen molar-refractivity contribution < 1.29 is 13.2 Å². The quantitative estimate of drug-likeness (QED) is 0.887. The molecule has 0 saturated carbocycles. The van der Waals surface area contributed by atoms with Gasteiger partial charge in [-0.2, -0.15) is 0 Å². The second-order valence-corrected chi connectivity index (χ2v) is 6.54. The van der Waals surface area contributed by atoms with Crippen LogP contribution in [-0.4, -0.2) is 22.1 Å². The van der Waals surface area contributed by atoms with Crippen LogP contribution in [0.25, 0.3) is 0 Å². The van der Waals surface area contributed by atoms with Crippen LogP contribution in [0.3, 0.4) is 0 Å². The van der Waals surface area contributed by atoms with E-state index in [4.69, 9.17) is 10.5 Å². The lowest BCUT2D eigenvalue weighted by atomic mass is 10.1. The van der Waals surface area contributed by atoms with E-state index >= 15 is 0 Å². The van der Waals surface area contributed by atoms with Crippen LogP contribution in [0.5, 0.6) is 5.75 Å². The molecule has 0 heterocycles. The van der Waals surface area contributed by atoms with Gasteiger partial charge in [-0.1, -0.05) is 18.2 Å². The van der Waals surface area contributed by atoms with Crippen molar-refractivity contribution in [3.8, 4) is 5.75 Å². The Morgan fingerprint density at radius 2 is 1.82 bits per heavy atom. The summed E-state index contributed by atoms with van der Waals surface area (Å²) >= 11 is 0. The number of rotatable bonds is 6. The third kappa shape index (κ3) is 3.08. The molecule has 0 aliphatic heterocycles. The van der Waals surface area contributed by atoms with Gasteiger partial charge in [0.1, 0.15) is 5.75 Å². The highest BCUT2D eigenvalue weighted by Gasteiger charge is 2.25. The number of ether oxygens (including phenoxy) is 1. The Morgan fingerprint density at radius 3 is 2.36 bits per heavy atom. The number of nitrogens with zero attached hydrogens (tertiary/aromatic N) is 1. The Labute approximate surface area is 131 Å². The van der Waals surface area contributed by atoms with Crippen molar-refractivity contribution in [3.63, 3.8) is 0 Å². The molecule has 0 saturated heterocycles. The molecule has 0 unspecified atom stereocenters. The minimum absolute atomic E-state index is 0.230. The molecule has 6 heteroatoms. The number of methoxy groups -OCH3 is 1. The SMILES string of the molecule is CCN(c1ccc(OC)cc1CN)S(=O)(=O)c1ccccc1. The van der Waals surface area contributed by atoms with Gasteiger partial charge in [-0.3, -0.25) is 4.31 Å². The smallest absolute Gasteiger partial charge is 0.264 e. The molecule has 0 amide bonds. The van der Waals surface area contributed by atoms with Crippen LogP contribution in [0.2, 0.25) is 0 Å². The highest BCUT2D eigenvalue weighted by molar-refractivity contribution is 7.92. The summed E-state index contributed by atoms with van der Waals surface area (Å²) in [5.74, 6) is 0.650. The number of benzene rings is 2. The van der Waals surface area contributed by atoms with Crippen molar-refractivity contribution in [1.29, 1.82) is 0 Å². The van der Waals surface area contributed by atoms with Gasteiger partial charge in [-0.25, -0.2) is 8.42 Å². The Morgan fingerprint density at radius 1 is 1.14 bits per heavy atom. The zero-order valence-corrected chi connectivity index (χ0v) is 13.5. The molecule has 0 aliphatic rings. The molecular weight excluding hydrogens is 300 g/mol. The maximum atomic E-state index is 12.8. The van der Waals surface area contributed by atoms with E-state index in [1.54, 1.807) is 62.6 Å². The summed E-state index contributed by atoms with van der Waals surface area (Å²) in [6.07, 6.45) is 0. The lowest BCUT2D eigenvalue weighted by Crippen LogP contribution is -2.31. The largest absolute Gasteiger partial charge is 0.497 e. The standard InChI is InChI=1S/C16H20N2O3S/c1-3-18(22(19,20)15-7-5-4-6-8-15)16-10-9-14(21-2)11-13(16)12-17/h4-11H,3,12,17H2,1-2H3. The Balaban J connectivity index is 2.53. The second-order valence-electron chi connectivity index (χ2n) is 4.68. The molecule has 2 aromatic rings. The number of hydrogen-bond donors (Lipinski definition) is 1. The molecule has 0 radical (unpaired) electrons. The average molecular weight is 320 g/mol. The number of sulfonamides is 1. The molecule has 22 heavy (non-hydrogen) atoms. The van der Waals surface area contributed by atoms with Crippen LogP contribution < -0.4 is 14.8 Å². The van der Waals surface area contributed by atoms with Gasteiger partial charge in [0.25, 0.3) is 10.0 Å². The lowest BCUT2D eigenvalue weighted by molar-refractivity contribution is 0.414. The van der Waals surface area contributed by atoms with Crippen LogP contribution in [-0.2, 0) is 16.6 Å². The van der Waals surface area contributed by atoms with Crippen molar-refractivity contribution in [2.24, 2.45) is 5.73 Å². The van der Waals surface area contributed by atoms with E-state index in [-0.39, 0.29) is 11.4 Å². The van der Waals surface area contributed by atoms with E-state index in [1.807, 2.05) is 0 Å². The maximum Gasteiger partial charge on any atom is 0.264 e. The summed E-state index contributed by atoms with van der Waals surface area (Å²) < 4.78 is 32.2. The monoisotopic (exact) mass is 320 g/mol. The Hall–Kier alpha value is -2.05. The first kappa shape index (κ1) is 16.3. The summed E-state index contributed by atoms with van der Waals surface area (Å²) in [5.41, 5.74) is 7.07. The fourth-order valence-electron chi connectivity index (χ4n) is 2.29. The van der Waals surface area contributed by atoms with Crippen molar-refractivity contribution in [2.75, 3.05) is 18.0 Å². The summed E-state index contributed by atoms with van der Waals surface area (Å²) in [6, 6.07) is 13.6. The first-order valence-electron chi connectivity index (χ1n) is 6.99. The fraction of sp³-hybridized carbons (Fsp3) is 0.250. The minimum Gasteiger partial charge on any atom is -0.497 e. The molecular formula is C16H20N2O3S. The number of hydrogen-bond acceptors (Lipinski definition) is 4. The van der Waals surface area contributed by atoms with Crippen LogP contribution in [0, 0.1) is 0 Å². The van der Waals surface area contributed by atoms with Gasteiger partial charge in [0.05, 0.1) is 17.7 Å². The van der Waals surface area contributed by atoms with E-state index in [1.165, 1.54) is 4.31 Å². The summed E-state index contributed by atoms with van der Waals surface area (Å²) in [7, 11) is -2.06. The topological polar surface area (TPSA) is 72.6 Å². The molecule has 0 aliphatic carbocycles. The fourth-order valence-corrected chi connectivity index (χ4v) is 3.82. The Bertz CT molecular complexity index is 730. The van der Waals surface area contributed by atoms with Gasteiger partial charge in [-0.05, 0) is 42.8 Å². The maximum absolute atomic E-state index is 12.8. The third-order valence-electron chi connectivity index (χ3n) is 3.39. The van der Waals surface area contributed by atoms with Crippen LogP contribution >= 0.6 is 0 Å². The minimum atomic E-state index is -3.62. The van der Waals surface area contributed by atoms with Crippen LogP contribution in [0.1, 0.15) is 12.5 Å². The zero-order chi connectivity index (χ0) is 16.2. The molecule has 0 fully saturated rings. The average Bonchev–Trinajstić information content (AvgIpc) is 2.56. The van der Waals surface area contributed by atoms with Gasteiger partial charge in [0, 0.05) is 13.1 Å². The molecule has 118 valence electrons. The highest BCUT2D eigenvalue weighted by Crippen LogP contribution is 2.29. The summed E-state index contributed by atoms with van der Waals surface area (Å²) in [6.45, 7) is 2.34. The molecule has 0 spiro atoms. The van der Waals surface area contributed by atoms with Crippen molar-refractivity contribution in [1.82, 2.24) is 0 Å². The van der Waals surface area contributed by atoms with Gasteiger partial charge in [0.2, 0.25) is 0 Å². The van der Waals surface area contributed by atoms with E-state index in [0.717, 1.165) is 5.56 Å². The van der Waals surface area contributed by atoms with Crippen molar-refractivity contribution in [3.05, 3.63) is 54.1 Å². The third-order valence-corrected chi connectivity index (χ3v) is 5.30. The molecule has 2 rings (SSSR count). The van der Waals surface area contributed by atoms with Gasteiger partial charge < -0.3 is 10.5 Å². The second kappa shape index (κ2) is 6.81. The number of nitrogens with two attached hydrogens (primary N) is 1. The van der Waals surface area contributed by atoms with Crippen molar-refractivity contribution >= 4 is 15.7 Å². The summed E-state index contributed by atoms with van der Waals surface area (Å²) in [5, 5.41) is 0. The summed E-state index contributed by atoms with van der Waals surface area (Å²) in [4.78, 5) is 0.260. The van der Waals surface area contributed by atoms with E-state index in [0.29, 0.717) is 18.0 Å². The normalized spacial score (nSPS) is 11.2. The van der Waals surface area contributed by atoms with E-state index in [9.17, 15) is 8.42 Å². The Kier molecular flexibility index (Phi) is 5.05. The predicted octanol–water partition coefficient (Wildman–Crippen LogP) is 2.37. The molecule has 0 bridgehead atoms.